The molecule has 0 atom stereocenters. The van der Waals surface area contributed by atoms with Gasteiger partial charge in [-0.05, 0) is 24.6 Å². The summed E-state index contributed by atoms with van der Waals surface area (Å²) < 4.78 is 0. The Morgan fingerprint density at radius 1 is 1.31 bits per heavy atom. The summed E-state index contributed by atoms with van der Waals surface area (Å²) in [5, 5.41) is 7.60. The zero-order valence-electron chi connectivity index (χ0n) is 7.21. The predicted octanol–water partition coefficient (Wildman–Crippen LogP) is 3.04. The number of benzene rings is 1. The number of rotatable bonds is 1. The highest BCUT2D eigenvalue weighted by molar-refractivity contribution is 6.31. The maximum Gasteiger partial charge on any atom is 0.0653 e. The van der Waals surface area contributed by atoms with Crippen molar-refractivity contribution in [3.8, 4) is 11.3 Å². The minimum Gasteiger partial charge on any atom is -0.278 e. The first-order chi connectivity index (χ1) is 6.29. The molecule has 0 bridgehead atoms. The summed E-state index contributed by atoms with van der Waals surface area (Å²) >= 11 is 6.00. The zero-order chi connectivity index (χ0) is 9.26. The van der Waals surface area contributed by atoms with E-state index in [9.17, 15) is 0 Å². The van der Waals surface area contributed by atoms with Crippen LogP contribution in [-0.4, -0.2) is 10.2 Å². The maximum absolute atomic E-state index is 6.00. The monoisotopic (exact) mass is 192 g/mol. The van der Waals surface area contributed by atoms with Crippen molar-refractivity contribution in [2.75, 3.05) is 0 Å². The quantitative estimate of drug-likeness (QED) is 0.739. The SMILES string of the molecule is Cc1c(Cl)cccc1-c1ccn[nH]1. The fraction of sp³-hybridized carbons (Fsp3) is 0.100. The van der Waals surface area contributed by atoms with Crippen molar-refractivity contribution in [2.45, 2.75) is 6.92 Å². The van der Waals surface area contributed by atoms with E-state index >= 15 is 0 Å². The van der Waals surface area contributed by atoms with Gasteiger partial charge in [0.2, 0.25) is 0 Å². The molecule has 0 aliphatic rings. The molecule has 0 saturated carbocycles. The first-order valence-corrected chi connectivity index (χ1v) is 4.41. The number of aromatic nitrogens is 2. The standard InChI is InChI=1S/C10H9ClN2/c1-7-8(3-2-4-9(7)11)10-5-6-12-13-10/h2-6H,1H3,(H,12,13). The van der Waals surface area contributed by atoms with Gasteiger partial charge < -0.3 is 0 Å². The molecule has 0 aliphatic heterocycles. The van der Waals surface area contributed by atoms with Gasteiger partial charge in [0, 0.05) is 16.8 Å². The van der Waals surface area contributed by atoms with Crippen LogP contribution in [-0.2, 0) is 0 Å². The van der Waals surface area contributed by atoms with Gasteiger partial charge in [-0.2, -0.15) is 5.10 Å². The van der Waals surface area contributed by atoms with Crippen molar-refractivity contribution in [2.24, 2.45) is 0 Å². The van der Waals surface area contributed by atoms with Crippen molar-refractivity contribution in [3.05, 3.63) is 41.0 Å². The number of H-pyrrole nitrogens is 1. The Balaban J connectivity index is 2.59. The van der Waals surface area contributed by atoms with E-state index in [1.165, 1.54) is 0 Å². The molecule has 1 aromatic carbocycles. The Morgan fingerprint density at radius 3 is 2.85 bits per heavy atom. The Bertz CT molecular complexity index is 407. The van der Waals surface area contributed by atoms with Gasteiger partial charge in [0.05, 0.1) is 5.69 Å². The minimum atomic E-state index is 0.784. The second kappa shape index (κ2) is 3.23. The van der Waals surface area contributed by atoms with Crippen LogP contribution in [0.4, 0.5) is 0 Å². The first kappa shape index (κ1) is 8.32. The third-order valence-electron chi connectivity index (χ3n) is 2.06. The highest BCUT2D eigenvalue weighted by Crippen LogP contribution is 2.26. The minimum absolute atomic E-state index is 0.784. The number of halogens is 1. The number of nitrogens with one attached hydrogen (secondary N) is 1. The highest BCUT2D eigenvalue weighted by Gasteiger charge is 2.04. The van der Waals surface area contributed by atoms with Crippen LogP contribution in [0.1, 0.15) is 5.56 Å². The van der Waals surface area contributed by atoms with Crippen molar-refractivity contribution in [3.63, 3.8) is 0 Å². The number of hydrogen-bond acceptors (Lipinski definition) is 1. The molecule has 0 saturated heterocycles. The molecule has 2 aromatic rings. The lowest BCUT2D eigenvalue weighted by molar-refractivity contribution is 1.09. The molecule has 0 aliphatic carbocycles. The third-order valence-corrected chi connectivity index (χ3v) is 2.47. The summed E-state index contributed by atoms with van der Waals surface area (Å²) in [7, 11) is 0. The van der Waals surface area contributed by atoms with Gasteiger partial charge >= 0.3 is 0 Å². The van der Waals surface area contributed by atoms with Gasteiger partial charge in [0.25, 0.3) is 0 Å². The summed E-state index contributed by atoms with van der Waals surface area (Å²) in [4.78, 5) is 0. The molecule has 1 aromatic heterocycles. The van der Waals surface area contributed by atoms with Gasteiger partial charge in [-0.3, -0.25) is 5.10 Å². The molecular weight excluding hydrogens is 184 g/mol. The van der Waals surface area contributed by atoms with Crippen LogP contribution in [0, 0.1) is 6.92 Å². The smallest absolute Gasteiger partial charge is 0.0653 e. The second-order valence-corrected chi connectivity index (χ2v) is 3.29. The van der Waals surface area contributed by atoms with Crippen LogP contribution in [0.5, 0.6) is 0 Å². The number of nitrogens with zero attached hydrogens (tertiary/aromatic N) is 1. The number of aromatic amines is 1. The molecule has 0 radical (unpaired) electrons. The van der Waals surface area contributed by atoms with Crippen LogP contribution < -0.4 is 0 Å². The van der Waals surface area contributed by atoms with Gasteiger partial charge in [-0.25, -0.2) is 0 Å². The summed E-state index contributed by atoms with van der Waals surface area (Å²) in [6, 6.07) is 7.77. The summed E-state index contributed by atoms with van der Waals surface area (Å²) in [6.07, 6.45) is 1.73. The van der Waals surface area contributed by atoms with Gasteiger partial charge in [0.1, 0.15) is 0 Å². The Morgan fingerprint density at radius 2 is 2.15 bits per heavy atom. The second-order valence-electron chi connectivity index (χ2n) is 2.88. The summed E-state index contributed by atoms with van der Waals surface area (Å²) in [6.45, 7) is 2.00. The van der Waals surface area contributed by atoms with Crippen LogP contribution in [0.2, 0.25) is 5.02 Å². The molecule has 1 heterocycles. The molecule has 1 N–H and O–H groups in total. The van der Waals surface area contributed by atoms with E-state index in [-0.39, 0.29) is 0 Å². The van der Waals surface area contributed by atoms with Crippen LogP contribution in [0.3, 0.4) is 0 Å². The lowest BCUT2D eigenvalue weighted by Gasteiger charge is -2.03. The van der Waals surface area contributed by atoms with E-state index in [0.29, 0.717) is 0 Å². The average Bonchev–Trinajstić information content (AvgIpc) is 2.62. The molecule has 0 unspecified atom stereocenters. The molecule has 0 spiro atoms. The molecule has 0 fully saturated rings. The van der Waals surface area contributed by atoms with Gasteiger partial charge in [-0.1, -0.05) is 23.7 Å². The van der Waals surface area contributed by atoms with Crippen molar-refractivity contribution in [1.29, 1.82) is 0 Å². The molecule has 13 heavy (non-hydrogen) atoms. The molecule has 3 heteroatoms. The third kappa shape index (κ3) is 1.45. The van der Waals surface area contributed by atoms with Gasteiger partial charge in [-0.15, -0.1) is 0 Å². The highest BCUT2D eigenvalue weighted by atomic mass is 35.5. The van der Waals surface area contributed by atoms with Gasteiger partial charge in [0.15, 0.2) is 0 Å². The zero-order valence-corrected chi connectivity index (χ0v) is 7.97. The fourth-order valence-electron chi connectivity index (χ4n) is 1.31. The van der Waals surface area contributed by atoms with E-state index in [1.807, 2.05) is 31.2 Å². The molecule has 2 nitrogen and oxygen atoms in total. The van der Waals surface area contributed by atoms with Crippen LogP contribution in [0.25, 0.3) is 11.3 Å². The molecular formula is C10H9ClN2. The van der Waals surface area contributed by atoms with Crippen molar-refractivity contribution >= 4 is 11.6 Å². The fourth-order valence-corrected chi connectivity index (χ4v) is 1.48. The molecule has 0 amide bonds. The van der Waals surface area contributed by atoms with Crippen molar-refractivity contribution < 1.29 is 0 Å². The largest absolute Gasteiger partial charge is 0.278 e. The summed E-state index contributed by atoms with van der Waals surface area (Å²) in [5.41, 5.74) is 3.18. The first-order valence-electron chi connectivity index (χ1n) is 4.04. The Labute approximate surface area is 81.6 Å². The lowest BCUT2D eigenvalue weighted by atomic mass is 10.1. The van der Waals surface area contributed by atoms with E-state index in [0.717, 1.165) is 21.8 Å². The lowest BCUT2D eigenvalue weighted by Crippen LogP contribution is -1.84. The van der Waals surface area contributed by atoms with Crippen LogP contribution >= 0.6 is 11.6 Å². The van der Waals surface area contributed by atoms with E-state index in [2.05, 4.69) is 10.2 Å². The Kier molecular flexibility index (Phi) is 2.07. The molecule has 66 valence electrons. The Hall–Kier alpha value is -1.28. The van der Waals surface area contributed by atoms with E-state index < -0.39 is 0 Å². The summed E-state index contributed by atoms with van der Waals surface area (Å²) in [5.74, 6) is 0. The predicted molar refractivity (Wildman–Crippen MR) is 53.8 cm³/mol. The maximum atomic E-state index is 6.00. The average molecular weight is 193 g/mol. The normalized spacial score (nSPS) is 10.3. The van der Waals surface area contributed by atoms with Crippen molar-refractivity contribution in [1.82, 2.24) is 10.2 Å². The van der Waals surface area contributed by atoms with E-state index in [4.69, 9.17) is 11.6 Å². The van der Waals surface area contributed by atoms with E-state index in [1.54, 1.807) is 6.20 Å². The van der Waals surface area contributed by atoms with Crippen LogP contribution in [0.15, 0.2) is 30.5 Å². The molecule has 2 rings (SSSR count). The number of hydrogen-bond donors (Lipinski definition) is 1. The topological polar surface area (TPSA) is 28.7 Å².